The van der Waals surface area contributed by atoms with Gasteiger partial charge < -0.3 is 19.1 Å². The third-order valence-corrected chi connectivity index (χ3v) is 4.58. The highest BCUT2D eigenvalue weighted by atomic mass is 16.6. The molecule has 0 aliphatic carbocycles. The highest BCUT2D eigenvalue weighted by molar-refractivity contribution is 5.99. The number of carbonyl (C=O) groups is 2. The van der Waals surface area contributed by atoms with Gasteiger partial charge in [0.05, 0.1) is 30.3 Å². The zero-order valence-corrected chi connectivity index (χ0v) is 16.5. The lowest BCUT2D eigenvalue weighted by molar-refractivity contribution is -0.384. The molecule has 1 heterocycles. The smallest absolute Gasteiger partial charge is 0.338 e. The van der Waals surface area contributed by atoms with Crippen LogP contribution in [0.1, 0.15) is 27.6 Å². The Morgan fingerprint density at radius 3 is 2.40 bits per heavy atom. The van der Waals surface area contributed by atoms with Gasteiger partial charge in [-0.15, -0.1) is 0 Å². The van der Waals surface area contributed by atoms with E-state index in [1.165, 1.54) is 18.2 Å². The van der Waals surface area contributed by atoms with Gasteiger partial charge in [-0.1, -0.05) is 0 Å². The molecule has 2 aromatic rings. The van der Waals surface area contributed by atoms with Gasteiger partial charge >= 0.3 is 5.97 Å². The molecule has 158 valence electrons. The lowest BCUT2D eigenvalue weighted by atomic mass is 10.1. The van der Waals surface area contributed by atoms with Gasteiger partial charge in [-0.3, -0.25) is 14.9 Å². The van der Waals surface area contributed by atoms with E-state index in [1.807, 2.05) is 11.8 Å². The van der Waals surface area contributed by atoms with E-state index in [4.69, 9.17) is 14.2 Å². The molecular formula is C21H22N2O7. The van der Waals surface area contributed by atoms with Crippen molar-refractivity contribution in [1.29, 1.82) is 0 Å². The third-order valence-electron chi connectivity index (χ3n) is 4.58. The van der Waals surface area contributed by atoms with Gasteiger partial charge in [0, 0.05) is 24.7 Å². The zero-order valence-electron chi connectivity index (χ0n) is 16.5. The molecule has 0 saturated carbocycles. The van der Waals surface area contributed by atoms with Crippen LogP contribution < -0.4 is 9.64 Å². The van der Waals surface area contributed by atoms with Crippen molar-refractivity contribution in [1.82, 2.24) is 0 Å². The van der Waals surface area contributed by atoms with Crippen LogP contribution in [-0.4, -0.2) is 56.2 Å². The Bertz CT molecular complexity index is 921. The average molecular weight is 414 g/mol. The number of esters is 1. The molecule has 1 fully saturated rings. The summed E-state index contributed by atoms with van der Waals surface area (Å²) in [5.41, 5.74) is 0.618. The number of hydrogen-bond donors (Lipinski definition) is 0. The first-order valence-corrected chi connectivity index (χ1v) is 9.54. The maximum atomic E-state index is 12.3. The van der Waals surface area contributed by atoms with Crippen LogP contribution in [0, 0.1) is 10.1 Å². The number of hydrogen-bond acceptors (Lipinski definition) is 8. The summed E-state index contributed by atoms with van der Waals surface area (Å²) >= 11 is 0. The Morgan fingerprint density at radius 2 is 1.77 bits per heavy atom. The molecule has 30 heavy (non-hydrogen) atoms. The second kappa shape index (κ2) is 9.84. The largest absolute Gasteiger partial charge is 0.494 e. The van der Waals surface area contributed by atoms with E-state index in [0.29, 0.717) is 49.9 Å². The van der Waals surface area contributed by atoms with Crippen LogP contribution in [0.2, 0.25) is 0 Å². The molecule has 0 bridgehead atoms. The molecular weight excluding hydrogens is 392 g/mol. The number of morpholine rings is 1. The SMILES string of the molecule is CCOc1ccc(C(=O)COC(=O)c2ccc(N3CCOCC3)c([N+](=O)[O-])c2)cc1. The van der Waals surface area contributed by atoms with E-state index < -0.39 is 17.5 Å². The predicted octanol–water partition coefficient (Wildman–Crippen LogP) is 2.87. The number of nitrogens with zero attached hydrogens (tertiary/aromatic N) is 2. The van der Waals surface area contributed by atoms with Crippen molar-refractivity contribution in [2.24, 2.45) is 0 Å². The fourth-order valence-electron chi connectivity index (χ4n) is 3.07. The molecule has 0 unspecified atom stereocenters. The Hall–Kier alpha value is -3.46. The quantitative estimate of drug-likeness (QED) is 0.281. The van der Waals surface area contributed by atoms with Crippen molar-refractivity contribution in [3.8, 4) is 5.75 Å². The second-order valence-electron chi connectivity index (χ2n) is 6.52. The summed E-state index contributed by atoms with van der Waals surface area (Å²) in [6.07, 6.45) is 0. The lowest BCUT2D eigenvalue weighted by Gasteiger charge is -2.28. The maximum absolute atomic E-state index is 12.3. The number of nitro benzene ring substituents is 1. The molecule has 9 nitrogen and oxygen atoms in total. The van der Waals surface area contributed by atoms with Crippen molar-refractivity contribution in [2.45, 2.75) is 6.92 Å². The van der Waals surface area contributed by atoms with Crippen LogP contribution in [-0.2, 0) is 9.47 Å². The summed E-state index contributed by atoms with van der Waals surface area (Å²) in [5.74, 6) is -0.546. The summed E-state index contributed by atoms with van der Waals surface area (Å²) in [6.45, 7) is 3.93. The van der Waals surface area contributed by atoms with Crippen LogP contribution in [0.25, 0.3) is 0 Å². The average Bonchev–Trinajstić information content (AvgIpc) is 2.78. The summed E-state index contributed by atoms with van der Waals surface area (Å²) in [5, 5.41) is 11.5. The minimum absolute atomic E-state index is 0.0122. The fourth-order valence-corrected chi connectivity index (χ4v) is 3.07. The lowest BCUT2D eigenvalue weighted by Crippen LogP contribution is -2.36. The normalized spacial score (nSPS) is 13.6. The number of carbonyl (C=O) groups excluding carboxylic acids is 2. The van der Waals surface area contributed by atoms with E-state index in [2.05, 4.69) is 0 Å². The highest BCUT2D eigenvalue weighted by Gasteiger charge is 2.24. The first-order chi connectivity index (χ1) is 14.5. The Morgan fingerprint density at radius 1 is 1.10 bits per heavy atom. The molecule has 0 N–H and O–H groups in total. The van der Waals surface area contributed by atoms with Crippen LogP contribution in [0.4, 0.5) is 11.4 Å². The van der Waals surface area contributed by atoms with E-state index in [0.717, 1.165) is 0 Å². The maximum Gasteiger partial charge on any atom is 0.338 e. The van der Waals surface area contributed by atoms with Crippen LogP contribution >= 0.6 is 0 Å². The van der Waals surface area contributed by atoms with Gasteiger partial charge in [0.15, 0.2) is 12.4 Å². The Labute approximate surface area is 173 Å². The van der Waals surface area contributed by atoms with Crippen LogP contribution in [0.15, 0.2) is 42.5 Å². The van der Waals surface area contributed by atoms with Gasteiger partial charge in [-0.05, 0) is 43.3 Å². The molecule has 3 rings (SSSR count). The van der Waals surface area contributed by atoms with Gasteiger partial charge in [0.25, 0.3) is 5.69 Å². The molecule has 1 aliphatic rings. The molecule has 0 radical (unpaired) electrons. The molecule has 1 saturated heterocycles. The molecule has 9 heteroatoms. The van der Waals surface area contributed by atoms with E-state index in [1.54, 1.807) is 24.3 Å². The molecule has 0 amide bonds. The van der Waals surface area contributed by atoms with Crippen molar-refractivity contribution in [2.75, 3.05) is 44.4 Å². The van der Waals surface area contributed by atoms with Gasteiger partial charge in [0.1, 0.15) is 11.4 Å². The minimum atomic E-state index is -0.800. The van der Waals surface area contributed by atoms with E-state index in [-0.39, 0.29) is 17.0 Å². The number of ketones is 1. The second-order valence-corrected chi connectivity index (χ2v) is 6.52. The summed E-state index contributed by atoms with van der Waals surface area (Å²) in [6, 6.07) is 10.6. The standard InChI is InChI=1S/C21H22N2O7/c1-2-29-17-6-3-15(4-7-17)20(24)14-30-21(25)16-5-8-18(19(13-16)23(26)27)22-9-11-28-12-10-22/h3-8,13H,2,9-12,14H2,1H3. The van der Waals surface area contributed by atoms with Crippen molar-refractivity contribution in [3.05, 3.63) is 63.7 Å². The summed E-state index contributed by atoms with van der Waals surface area (Å²) in [7, 11) is 0. The Kier molecular flexibility index (Phi) is 6.97. The van der Waals surface area contributed by atoms with E-state index >= 15 is 0 Å². The van der Waals surface area contributed by atoms with Crippen molar-refractivity contribution < 1.29 is 28.7 Å². The van der Waals surface area contributed by atoms with E-state index in [9.17, 15) is 19.7 Å². The van der Waals surface area contributed by atoms with Crippen molar-refractivity contribution >= 4 is 23.1 Å². The minimum Gasteiger partial charge on any atom is -0.494 e. The number of Topliss-reactive ketones (excluding diaryl/α,β-unsaturated/α-hetero) is 1. The predicted molar refractivity (Wildman–Crippen MR) is 108 cm³/mol. The number of nitro groups is 1. The zero-order chi connectivity index (χ0) is 21.5. The van der Waals surface area contributed by atoms with Crippen molar-refractivity contribution in [3.63, 3.8) is 0 Å². The third kappa shape index (κ3) is 5.12. The molecule has 0 atom stereocenters. The molecule has 0 aromatic heterocycles. The van der Waals surface area contributed by atoms with Crippen LogP contribution in [0.3, 0.4) is 0 Å². The number of benzene rings is 2. The monoisotopic (exact) mass is 414 g/mol. The Balaban J connectivity index is 1.66. The van der Waals surface area contributed by atoms with Crippen LogP contribution in [0.5, 0.6) is 5.75 Å². The van der Waals surface area contributed by atoms with Gasteiger partial charge in [-0.2, -0.15) is 0 Å². The first kappa shape index (κ1) is 21.3. The van der Waals surface area contributed by atoms with Gasteiger partial charge in [-0.25, -0.2) is 4.79 Å². The fraction of sp³-hybridized carbons (Fsp3) is 0.333. The molecule has 0 spiro atoms. The summed E-state index contributed by atoms with van der Waals surface area (Å²) < 4.78 is 15.7. The topological polar surface area (TPSA) is 108 Å². The molecule has 2 aromatic carbocycles. The van der Waals surface area contributed by atoms with Gasteiger partial charge in [0.2, 0.25) is 0 Å². The number of anilines is 1. The number of ether oxygens (including phenoxy) is 3. The first-order valence-electron chi connectivity index (χ1n) is 9.54. The highest BCUT2D eigenvalue weighted by Crippen LogP contribution is 2.30. The molecule has 1 aliphatic heterocycles. The number of rotatable bonds is 8. The summed E-state index contributed by atoms with van der Waals surface area (Å²) in [4.78, 5) is 37.4.